The zero-order chi connectivity index (χ0) is 18.7. The van der Waals surface area contributed by atoms with E-state index < -0.39 is 0 Å². The van der Waals surface area contributed by atoms with Crippen molar-refractivity contribution in [2.45, 2.75) is 51.5 Å². The summed E-state index contributed by atoms with van der Waals surface area (Å²) in [6.45, 7) is 2.03. The number of carbonyl (C=O) groups is 2. The van der Waals surface area contributed by atoms with Crippen molar-refractivity contribution in [3.05, 3.63) is 33.7 Å². The number of hydrogen-bond acceptors (Lipinski definition) is 5. The number of amides is 1. The fourth-order valence-corrected chi connectivity index (χ4v) is 4.57. The molecule has 0 bridgehead atoms. The van der Waals surface area contributed by atoms with Gasteiger partial charge in [-0.05, 0) is 56.7 Å². The summed E-state index contributed by atoms with van der Waals surface area (Å²) >= 11 is 1.49. The minimum atomic E-state index is -0.312. The number of esters is 1. The molecular weight excluding hydrogens is 348 g/mol. The Labute approximate surface area is 158 Å². The van der Waals surface area contributed by atoms with Gasteiger partial charge in [-0.3, -0.25) is 4.79 Å². The third-order valence-electron chi connectivity index (χ3n) is 4.94. The maximum absolute atomic E-state index is 12.2. The van der Waals surface area contributed by atoms with Gasteiger partial charge in [0.05, 0.1) is 12.8 Å². The van der Waals surface area contributed by atoms with Crippen molar-refractivity contribution in [2.24, 2.45) is 0 Å². The van der Waals surface area contributed by atoms with Crippen LogP contribution in [0.1, 0.15) is 60.0 Å². The number of rotatable bonds is 5. The van der Waals surface area contributed by atoms with Crippen LogP contribution in [-0.2, 0) is 9.53 Å². The highest BCUT2D eigenvalue weighted by Crippen LogP contribution is 2.37. The van der Waals surface area contributed by atoms with E-state index in [9.17, 15) is 9.59 Å². The lowest BCUT2D eigenvalue weighted by molar-refractivity contribution is -0.125. The van der Waals surface area contributed by atoms with Crippen LogP contribution < -0.4 is 5.32 Å². The van der Waals surface area contributed by atoms with E-state index in [0.717, 1.165) is 35.5 Å². The van der Waals surface area contributed by atoms with Crippen LogP contribution in [0, 0.1) is 0 Å². The maximum Gasteiger partial charge on any atom is 0.350 e. The molecule has 0 radical (unpaired) electrons. The summed E-state index contributed by atoms with van der Waals surface area (Å²) < 4.78 is 4.97. The molecule has 26 heavy (non-hydrogen) atoms. The Hall–Kier alpha value is -2.08. The number of allylic oxidation sites excluding steroid dienone is 3. The molecule has 1 N–H and O–H groups in total. The largest absolute Gasteiger partial charge is 0.465 e. The molecule has 3 rings (SSSR count). The van der Waals surface area contributed by atoms with Crippen molar-refractivity contribution in [1.82, 2.24) is 4.90 Å². The van der Waals surface area contributed by atoms with Gasteiger partial charge in [0.15, 0.2) is 0 Å². The normalized spacial score (nSPS) is 20.3. The minimum absolute atomic E-state index is 0.00421. The van der Waals surface area contributed by atoms with E-state index in [1.807, 2.05) is 14.0 Å². The number of hydrogen-bond donors (Lipinski definition) is 1. The predicted molar refractivity (Wildman–Crippen MR) is 105 cm³/mol. The predicted octanol–water partition coefficient (Wildman–Crippen LogP) is 4.43. The fraction of sp³-hybridized carbons (Fsp3) is 0.500. The van der Waals surface area contributed by atoms with Crippen LogP contribution in [0.15, 0.2) is 23.9 Å². The topological polar surface area (TPSA) is 58.6 Å². The van der Waals surface area contributed by atoms with Gasteiger partial charge in [-0.15, -0.1) is 11.3 Å². The van der Waals surface area contributed by atoms with E-state index in [2.05, 4.69) is 23.5 Å². The first kappa shape index (κ1) is 18.7. The Bertz CT molecular complexity index is 763. The van der Waals surface area contributed by atoms with Crippen LogP contribution in [0.4, 0.5) is 5.69 Å². The van der Waals surface area contributed by atoms with E-state index in [1.54, 1.807) is 4.90 Å². The summed E-state index contributed by atoms with van der Waals surface area (Å²) in [7, 11) is 3.22. The molecule has 0 aromatic carbocycles. The van der Waals surface area contributed by atoms with E-state index in [1.165, 1.54) is 36.9 Å². The first-order valence-electron chi connectivity index (χ1n) is 9.15. The molecule has 1 unspecified atom stereocenters. The Morgan fingerprint density at radius 2 is 2.15 bits per heavy atom. The molecule has 1 aromatic rings. The van der Waals surface area contributed by atoms with Crippen LogP contribution in [0.5, 0.6) is 0 Å². The zero-order valence-electron chi connectivity index (χ0n) is 15.6. The Balaban J connectivity index is 1.82. The number of ether oxygens (including phenoxy) is 1. The smallest absolute Gasteiger partial charge is 0.350 e. The quantitative estimate of drug-likeness (QED) is 0.775. The Morgan fingerprint density at radius 3 is 2.77 bits per heavy atom. The van der Waals surface area contributed by atoms with Crippen LogP contribution in [-0.4, -0.2) is 37.0 Å². The van der Waals surface area contributed by atoms with Crippen molar-refractivity contribution >= 4 is 34.5 Å². The van der Waals surface area contributed by atoms with E-state index in [-0.39, 0.29) is 17.9 Å². The second kappa shape index (κ2) is 8.08. The van der Waals surface area contributed by atoms with Gasteiger partial charge >= 0.3 is 5.97 Å². The Kier molecular flexibility index (Phi) is 5.81. The number of carbonyl (C=O) groups excluding carboxylic acids is 2. The number of nitrogens with zero attached hydrogens (tertiary/aromatic N) is 1. The lowest BCUT2D eigenvalue weighted by Gasteiger charge is -2.16. The van der Waals surface area contributed by atoms with Gasteiger partial charge in [-0.25, -0.2) is 4.79 Å². The highest BCUT2D eigenvalue weighted by molar-refractivity contribution is 7.15. The molecule has 0 saturated carbocycles. The summed E-state index contributed by atoms with van der Waals surface area (Å²) in [5.74, 6) is -0.158. The summed E-state index contributed by atoms with van der Waals surface area (Å²) in [6.07, 6.45) is 10.3. The molecule has 1 saturated heterocycles. The van der Waals surface area contributed by atoms with Gasteiger partial charge in [0.1, 0.15) is 4.88 Å². The molecule has 1 aliphatic carbocycles. The molecule has 2 heterocycles. The third-order valence-corrected chi connectivity index (χ3v) is 6.13. The number of anilines is 1. The van der Waals surface area contributed by atoms with Gasteiger partial charge in [0.25, 0.3) is 0 Å². The molecule has 1 aromatic heterocycles. The number of likely N-dealkylation sites (tertiary alicyclic amines) is 1. The Morgan fingerprint density at radius 1 is 1.35 bits per heavy atom. The van der Waals surface area contributed by atoms with Gasteiger partial charge < -0.3 is 15.0 Å². The number of methoxy groups -OCH3 is 1. The van der Waals surface area contributed by atoms with E-state index in [4.69, 9.17) is 4.74 Å². The first-order valence-corrected chi connectivity index (χ1v) is 9.96. The minimum Gasteiger partial charge on any atom is -0.465 e. The molecular formula is C20H26N2O3S. The second-order valence-corrected chi connectivity index (χ2v) is 7.92. The molecule has 6 heteroatoms. The molecule has 1 atom stereocenters. The van der Waals surface area contributed by atoms with Crippen LogP contribution in [0.2, 0.25) is 0 Å². The van der Waals surface area contributed by atoms with Gasteiger partial charge in [0, 0.05) is 30.1 Å². The van der Waals surface area contributed by atoms with Crippen LogP contribution >= 0.6 is 11.3 Å². The van der Waals surface area contributed by atoms with Gasteiger partial charge in [-0.1, -0.05) is 6.08 Å². The summed E-state index contributed by atoms with van der Waals surface area (Å²) in [5.41, 5.74) is 3.16. The van der Waals surface area contributed by atoms with Crippen molar-refractivity contribution in [3.63, 3.8) is 0 Å². The second-order valence-electron chi connectivity index (χ2n) is 6.86. The van der Waals surface area contributed by atoms with Crippen molar-refractivity contribution in [3.8, 4) is 0 Å². The maximum atomic E-state index is 12.2. The van der Waals surface area contributed by atoms with Gasteiger partial charge in [-0.2, -0.15) is 0 Å². The molecule has 2 aliphatic rings. The van der Waals surface area contributed by atoms with Crippen LogP contribution in [0.3, 0.4) is 0 Å². The van der Waals surface area contributed by atoms with Gasteiger partial charge in [0.2, 0.25) is 5.91 Å². The molecule has 1 fully saturated rings. The number of thiophene rings is 1. The highest BCUT2D eigenvalue weighted by atomic mass is 32.1. The van der Waals surface area contributed by atoms with Crippen molar-refractivity contribution in [2.75, 3.05) is 19.5 Å². The lowest BCUT2D eigenvalue weighted by Crippen LogP contribution is -2.20. The standard InChI is InChI=1S/C20H26N2O3S/c1-13(11-15-9-10-18(23)22(15)2)21-16-12-17(14-7-5-4-6-8-14)26-19(16)20(24)25-3/h7,11-13,21H,4-6,8-10H2,1-3H3/b15-11+. The molecule has 5 nitrogen and oxygen atoms in total. The average Bonchev–Trinajstić information content (AvgIpc) is 3.20. The van der Waals surface area contributed by atoms with Crippen molar-refractivity contribution in [1.29, 1.82) is 0 Å². The first-order chi connectivity index (χ1) is 12.5. The SMILES string of the molecule is COC(=O)c1sc(C2=CCCCC2)cc1NC(C)/C=C1\CCC(=O)N1C. The van der Waals surface area contributed by atoms with Crippen molar-refractivity contribution < 1.29 is 14.3 Å². The summed E-state index contributed by atoms with van der Waals surface area (Å²) in [6, 6.07) is 2.07. The fourth-order valence-electron chi connectivity index (χ4n) is 3.46. The molecule has 140 valence electrons. The number of nitrogens with one attached hydrogen (secondary N) is 1. The monoisotopic (exact) mass is 374 g/mol. The molecule has 1 aliphatic heterocycles. The van der Waals surface area contributed by atoms with E-state index in [0.29, 0.717) is 11.3 Å². The zero-order valence-corrected chi connectivity index (χ0v) is 16.4. The van der Waals surface area contributed by atoms with E-state index >= 15 is 0 Å². The summed E-state index contributed by atoms with van der Waals surface area (Å²) in [5, 5.41) is 3.42. The molecule has 1 amide bonds. The summed E-state index contributed by atoms with van der Waals surface area (Å²) in [4.78, 5) is 27.4. The highest BCUT2D eigenvalue weighted by Gasteiger charge is 2.23. The molecule has 0 spiro atoms. The average molecular weight is 375 g/mol. The third kappa shape index (κ3) is 4.01. The van der Waals surface area contributed by atoms with Crippen LogP contribution in [0.25, 0.3) is 5.57 Å². The lowest BCUT2D eigenvalue weighted by atomic mass is 9.98.